The fourth-order valence-corrected chi connectivity index (χ4v) is 3.42. The van der Waals surface area contributed by atoms with Gasteiger partial charge in [0.2, 0.25) is 0 Å². The first kappa shape index (κ1) is 17.7. The average Bonchev–Trinajstić information content (AvgIpc) is 2.64. The predicted molar refractivity (Wildman–Crippen MR) is 97.8 cm³/mol. The Labute approximate surface area is 148 Å². The molecule has 1 aliphatic carbocycles. The van der Waals surface area contributed by atoms with E-state index in [1.807, 2.05) is 0 Å². The highest BCUT2D eigenvalue weighted by Gasteiger charge is 2.21. The molecular formula is C20H26N2O3. The van der Waals surface area contributed by atoms with E-state index in [0.29, 0.717) is 17.2 Å². The number of nitrogens with zero attached hydrogens (tertiary/aromatic N) is 1. The molecule has 1 atom stereocenters. The van der Waals surface area contributed by atoms with E-state index in [2.05, 4.69) is 35.4 Å². The van der Waals surface area contributed by atoms with Gasteiger partial charge in [-0.1, -0.05) is 13.0 Å². The Hall–Kier alpha value is -2.11. The van der Waals surface area contributed by atoms with Gasteiger partial charge in [-0.25, -0.2) is 0 Å². The molecule has 2 aromatic rings. The zero-order valence-electron chi connectivity index (χ0n) is 14.6. The molecule has 25 heavy (non-hydrogen) atoms. The number of aliphatic hydroxyl groups excluding tert-OH is 1. The number of nitrogens with one attached hydrogen (secondary N) is 1. The van der Waals surface area contributed by atoms with Gasteiger partial charge in [0.1, 0.15) is 5.75 Å². The van der Waals surface area contributed by atoms with Crippen molar-refractivity contribution in [2.75, 3.05) is 18.5 Å². The molecule has 1 unspecified atom stereocenters. The van der Waals surface area contributed by atoms with Gasteiger partial charge in [0, 0.05) is 24.2 Å². The van der Waals surface area contributed by atoms with Crippen LogP contribution in [0.2, 0.25) is 0 Å². The van der Waals surface area contributed by atoms with E-state index in [4.69, 9.17) is 4.74 Å². The minimum atomic E-state index is -1.50. The molecule has 3 rings (SSSR count). The highest BCUT2D eigenvalue weighted by atomic mass is 16.5. The van der Waals surface area contributed by atoms with Crippen molar-refractivity contribution in [2.24, 2.45) is 0 Å². The molecule has 3 N–H and O–H groups in total. The zero-order chi connectivity index (χ0) is 17.6. The highest BCUT2D eigenvalue weighted by Crippen LogP contribution is 2.34. The summed E-state index contributed by atoms with van der Waals surface area (Å²) in [5.74, 6) is 1.35. The lowest BCUT2D eigenvalue weighted by Crippen LogP contribution is -2.19. The number of anilines is 1. The van der Waals surface area contributed by atoms with E-state index in [-0.39, 0.29) is 0 Å². The molecule has 1 aromatic carbocycles. The predicted octanol–water partition coefficient (Wildman–Crippen LogP) is 3.39. The molecule has 5 nitrogen and oxygen atoms in total. The van der Waals surface area contributed by atoms with Crippen LogP contribution in [0.1, 0.15) is 55.1 Å². The quantitative estimate of drug-likeness (QED) is 0.673. The van der Waals surface area contributed by atoms with Gasteiger partial charge < -0.3 is 20.3 Å². The number of aromatic nitrogens is 1. The van der Waals surface area contributed by atoms with Gasteiger partial charge in [0.15, 0.2) is 6.29 Å². The second kappa shape index (κ2) is 8.32. The van der Waals surface area contributed by atoms with Crippen molar-refractivity contribution in [2.45, 2.75) is 44.8 Å². The summed E-state index contributed by atoms with van der Waals surface area (Å²) in [5, 5.41) is 22.3. The van der Waals surface area contributed by atoms with Gasteiger partial charge in [-0.05, 0) is 55.0 Å². The summed E-state index contributed by atoms with van der Waals surface area (Å²) in [5.41, 5.74) is 3.85. The molecule has 0 radical (unpaired) electrons. The summed E-state index contributed by atoms with van der Waals surface area (Å²) in [4.78, 5) is 4.07. The van der Waals surface area contributed by atoms with Gasteiger partial charge in [0.25, 0.3) is 0 Å². The second-order valence-electron chi connectivity index (χ2n) is 6.52. The lowest BCUT2D eigenvalue weighted by Gasteiger charge is -2.27. The smallest absolute Gasteiger partial charge is 0.180 e. The van der Waals surface area contributed by atoms with E-state index in [0.717, 1.165) is 44.6 Å². The minimum Gasteiger partial charge on any atom is -0.494 e. The number of aryl methyl sites for hydroxylation is 1. The van der Waals surface area contributed by atoms with Crippen LogP contribution in [0.15, 0.2) is 36.7 Å². The Kier molecular flexibility index (Phi) is 5.89. The standard InChI is InChI=1S/C20H26N2O3/c1-2-10-25-16-6-7-17-14(11-16)4-3-5-15(17)12-22-19-13-21-9-8-18(19)20(23)24/h6-9,11,13,15,20,22-24H,2-5,10,12H2,1H3. The first-order valence-electron chi connectivity index (χ1n) is 8.98. The Bertz CT molecular complexity index is 703. The topological polar surface area (TPSA) is 74.6 Å². The average molecular weight is 342 g/mol. The molecule has 0 bridgehead atoms. The van der Waals surface area contributed by atoms with E-state index in [9.17, 15) is 10.2 Å². The molecule has 0 spiro atoms. The summed E-state index contributed by atoms with van der Waals surface area (Å²) >= 11 is 0. The van der Waals surface area contributed by atoms with Crippen LogP contribution in [0, 0.1) is 0 Å². The van der Waals surface area contributed by atoms with Crippen molar-refractivity contribution in [1.29, 1.82) is 0 Å². The molecule has 0 saturated carbocycles. The number of rotatable bonds is 7. The largest absolute Gasteiger partial charge is 0.494 e. The maximum Gasteiger partial charge on any atom is 0.180 e. The Morgan fingerprint density at radius 3 is 3.00 bits per heavy atom. The van der Waals surface area contributed by atoms with Crippen LogP contribution in [-0.4, -0.2) is 28.3 Å². The third-order valence-corrected chi connectivity index (χ3v) is 4.70. The van der Waals surface area contributed by atoms with Crippen LogP contribution >= 0.6 is 0 Å². The first-order valence-corrected chi connectivity index (χ1v) is 8.98. The molecule has 0 fully saturated rings. The number of pyridine rings is 1. The number of hydrogen-bond donors (Lipinski definition) is 3. The van der Waals surface area contributed by atoms with Crippen LogP contribution in [0.5, 0.6) is 5.75 Å². The molecule has 0 amide bonds. The SMILES string of the molecule is CCCOc1ccc2c(c1)CCCC2CNc1cnccc1C(O)O. The van der Waals surface area contributed by atoms with Crippen molar-refractivity contribution in [1.82, 2.24) is 4.98 Å². The van der Waals surface area contributed by atoms with Crippen LogP contribution in [0.3, 0.4) is 0 Å². The number of fused-ring (bicyclic) bond motifs is 1. The summed E-state index contributed by atoms with van der Waals surface area (Å²) < 4.78 is 5.75. The molecule has 1 heterocycles. The van der Waals surface area contributed by atoms with Crippen molar-refractivity contribution in [3.8, 4) is 5.75 Å². The van der Waals surface area contributed by atoms with Crippen molar-refractivity contribution in [3.05, 3.63) is 53.3 Å². The lowest BCUT2D eigenvalue weighted by atomic mass is 9.82. The highest BCUT2D eigenvalue weighted by molar-refractivity contribution is 5.50. The normalized spacial score (nSPS) is 16.6. The number of ether oxygens (including phenoxy) is 1. The molecular weight excluding hydrogens is 316 g/mol. The van der Waals surface area contributed by atoms with Gasteiger partial charge in [-0.3, -0.25) is 4.98 Å². The Morgan fingerprint density at radius 1 is 1.32 bits per heavy atom. The summed E-state index contributed by atoms with van der Waals surface area (Å²) in [6.07, 6.45) is 6.07. The van der Waals surface area contributed by atoms with Crippen molar-refractivity contribution < 1.29 is 14.9 Å². The summed E-state index contributed by atoms with van der Waals surface area (Å²) in [7, 11) is 0. The van der Waals surface area contributed by atoms with E-state index < -0.39 is 6.29 Å². The lowest BCUT2D eigenvalue weighted by molar-refractivity contribution is -0.0419. The van der Waals surface area contributed by atoms with Gasteiger partial charge in [-0.15, -0.1) is 0 Å². The Balaban J connectivity index is 1.71. The monoisotopic (exact) mass is 342 g/mol. The van der Waals surface area contributed by atoms with Gasteiger partial charge in [-0.2, -0.15) is 0 Å². The van der Waals surface area contributed by atoms with Gasteiger partial charge in [0.05, 0.1) is 18.5 Å². The van der Waals surface area contributed by atoms with E-state index >= 15 is 0 Å². The van der Waals surface area contributed by atoms with Crippen LogP contribution in [0.25, 0.3) is 0 Å². The van der Waals surface area contributed by atoms with Gasteiger partial charge >= 0.3 is 0 Å². The second-order valence-corrected chi connectivity index (χ2v) is 6.52. The third kappa shape index (κ3) is 4.30. The molecule has 134 valence electrons. The number of benzene rings is 1. The van der Waals surface area contributed by atoms with Crippen LogP contribution in [-0.2, 0) is 6.42 Å². The van der Waals surface area contributed by atoms with Crippen molar-refractivity contribution >= 4 is 5.69 Å². The maximum absolute atomic E-state index is 9.47. The molecule has 5 heteroatoms. The molecule has 0 aliphatic heterocycles. The Morgan fingerprint density at radius 2 is 2.20 bits per heavy atom. The number of aliphatic hydroxyl groups is 2. The minimum absolute atomic E-state index is 0.396. The third-order valence-electron chi connectivity index (χ3n) is 4.70. The fraction of sp³-hybridized carbons (Fsp3) is 0.450. The molecule has 0 saturated heterocycles. The maximum atomic E-state index is 9.47. The summed E-state index contributed by atoms with van der Waals surface area (Å²) in [6, 6.07) is 8.03. The fourth-order valence-electron chi connectivity index (χ4n) is 3.42. The van der Waals surface area contributed by atoms with Crippen LogP contribution < -0.4 is 10.1 Å². The zero-order valence-corrected chi connectivity index (χ0v) is 14.6. The molecule has 1 aromatic heterocycles. The van der Waals surface area contributed by atoms with E-state index in [1.165, 1.54) is 11.1 Å². The van der Waals surface area contributed by atoms with Crippen LogP contribution in [0.4, 0.5) is 5.69 Å². The summed E-state index contributed by atoms with van der Waals surface area (Å²) in [6.45, 7) is 3.60. The first-order chi connectivity index (χ1) is 12.2. The molecule has 1 aliphatic rings. The van der Waals surface area contributed by atoms with E-state index in [1.54, 1.807) is 18.5 Å². The number of hydrogen-bond acceptors (Lipinski definition) is 5. The van der Waals surface area contributed by atoms with Crippen molar-refractivity contribution in [3.63, 3.8) is 0 Å².